The molecule has 0 spiro atoms. The number of sulfone groups is 1. The molecule has 0 unspecified atom stereocenters. The van der Waals surface area contributed by atoms with Gasteiger partial charge < -0.3 is 16.4 Å². The first-order valence-electron chi connectivity index (χ1n) is 8.19. The Morgan fingerprint density at radius 1 is 1.29 bits per heavy atom. The van der Waals surface area contributed by atoms with Gasteiger partial charge in [0.15, 0.2) is 14.9 Å². The lowest BCUT2D eigenvalue weighted by Crippen LogP contribution is -2.38. The predicted molar refractivity (Wildman–Crippen MR) is 94.4 cm³/mol. The summed E-state index contributed by atoms with van der Waals surface area (Å²) in [6, 6.07) is 1.80. The van der Waals surface area contributed by atoms with Gasteiger partial charge >= 0.3 is 0 Å². The highest BCUT2D eigenvalue weighted by atomic mass is 32.2. The molecule has 1 heterocycles. The zero-order valence-corrected chi connectivity index (χ0v) is 15.2. The molecule has 134 valence electrons. The van der Waals surface area contributed by atoms with Crippen LogP contribution in [0, 0.1) is 5.92 Å². The Bertz CT molecular complexity index is 695. The van der Waals surface area contributed by atoms with E-state index in [1.807, 2.05) is 13.8 Å². The van der Waals surface area contributed by atoms with E-state index < -0.39 is 9.84 Å². The number of anilines is 2. The molecule has 0 saturated heterocycles. The Balaban J connectivity index is 1.98. The molecule has 8 heteroatoms. The van der Waals surface area contributed by atoms with Crippen LogP contribution in [0.2, 0.25) is 0 Å². The van der Waals surface area contributed by atoms with Crippen LogP contribution in [0.25, 0.3) is 0 Å². The van der Waals surface area contributed by atoms with Gasteiger partial charge in [0.1, 0.15) is 0 Å². The molecule has 1 saturated carbocycles. The van der Waals surface area contributed by atoms with E-state index in [0.717, 1.165) is 31.9 Å². The summed E-state index contributed by atoms with van der Waals surface area (Å²) in [6.45, 7) is 3.91. The number of nitrogens with one attached hydrogen (secondary N) is 2. The van der Waals surface area contributed by atoms with E-state index in [1.165, 1.54) is 12.3 Å². The van der Waals surface area contributed by atoms with Crippen LogP contribution >= 0.6 is 0 Å². The predicted octanol–water partition coefficient (Wildman–Crippen LogP) is 1.56. The first-order chi connectivity index (χ1) is 11.2. The number of amides is 1. The third-order valence-electron chi connectivity index (χ3n) is 4.18. The summed E-state index contributed by atoms with van der Waals surface area (Å²) in [6.07, 6.45) is 5.77. The number of rotatable bonds is 5. The SMILES string of the molecule is CC(C)NC(=O)C1CCC(Nc2cc(S(C)(=O)=O)ncc2N)CC1. The van der Waals surface area contributed by atoms with Gasteiger partial charge in [-0.05, 0) is 39.5 Å². The standard InChI is InChI=1S/C16H26N4O3S/c1-10(2)19-16(21)11-4-6-12(7-5-11)20-14-8-15(24(3,22)23)18-9-13(14)17/h8-12H,4-7,17H2,1-3H3,(H,18,20)(H,19,21). The summed E-state index contributed by atoms with van der Waals surface area (Å²) in [5, 5.41) is 6.26. The van der Waals surface area contributed by atoms with Crippen molar-refractivity contribution >= 4 is 27.1 Å². The number of nitrogen functional groups attached to an aromatic ring is 1. The molecule has 0 bridgehead atoms. The average Bonchev–Trinajstić information content (AvgIpc) is 2.48. The fourth-order valence-corrected chi connectivity index (χ4v) is 3.47. The van der Waals surface area contributed by atoms with Crippen molar-refractivity contribution in [3.05, 3.63) is 12.3 Å². The van der Waals surface area contributed by atoms with Crippen LogP contribution in [-0.4, -0.2) is 37.6 Å². The average molecular weight is 354 g/mol. The van der Waals surface area contributed by atoms with Gasteiger partial charge in [0, 0.05) is 30.3 Å². The second kappa shape index (κ2) is 7.38. The van der Waals surface area contributed by atoms with E-state index in [-0.39, 0.29) is 28.9 Å². The summed E-state index contributed by atoms with van der Waals surface area (Å²) >= 11 is 0. The molecule has 1 amide bonds. The third-order valence-corrected chi connectivity index (χ3v) is 5.16. The van der Waals surface area contributed by atoms with Crippen LogP contribution in [-0.2, 0) is 14.6 Å². The lowest BCUT2D eigenvalue weighted by Gasteiger charge is -2.30. The van der Waals surface area contributed by atoms with Crippen molar-refractivity contribution in [3.63, 3.8) is 0 Å². The quantitative estimate of drug-likeness (QED) is 0.739. The van der Waals surface area contributed by atoms with Gasteiger partial charge in [0.05, 0.1) is 17.6 Å². The van der Waals surface area contributed by atoms with Crippen molar-refractivity contribution in [2.24, 2.45) is 5.92 Å². The van der Waals surface area contributed by atoms with E-state index in [2.05, 4.69) is 15.6 Å². The molecule has 0 atom stereocenters. The van der Waals surface area contributed by atoms with Crippen LogP contribution in [0.1, 0.15) is 39.5 Å². The van der Waals surface area contributed by atoms with Crippen molar-refractivity contribution < 1.29 is 13.2 Å². The Morgan fingerprint density at radius 3 is 2.46 bits per heavy atom. The fraction of sp³-hybridized carbons (Fsp3) is 0.625. The van der Waals surface area contributed by atoms with Crippen molar-refractivity contribution in [3.8, 4) is 0 Å². The summed E-state index contributed by atoms with van der Waals surface area (Å²) in [4.78, 5) is 15.9. The van der Waals surface area contributed by atoms with Crippen LogP contribution in [0.4, 0.5) is 11.4 Å². The minimum Gasteiger partial charge on any atom is -0.396 e. The highest BCUT2D eigenvalue weighted by Crippen LogP contribution is 2.29. The van der Waals surface area contributed by atoms with Gasteiger partial charge in [-0.3, -0.25) is 4.79 Å². The fourth-order valence-electron chi connectivity index (χ4n) is 2.90. The Labute approximate surface area is 143 Å². The molecule has 0 aromatic carbocycles. The van der Waals surface area contributed by atoms with Gasteiger partial charge in [-0.1, -0.05) is 0 Å². The number of hydrogen-bond donors (Lipinski definition) is 3. The van der Waals surface area contributed by atoms with Crippen molar-refractivity contribution in [2.45, 2.75) is 56.6 Å². The Morgan fingerprint density at radius 2 is 1.92 bits per heavy atom. The van der Waals surface area contributed by atoms with Gasteiger partial charge in [-0.25, -0.2) is 13.4 Å². The van der Waals surface area contributed by atoms with Gasteiger partial charge in [-0.2, -0.15) is 0 Å². The summed E-state index contributed by atoms with van der Waals surface area (Å²) < 4.78 is 23.2. The van der Waals surface area contributed by atoms with E-state index >= 15 is 0 Å². The maximum absolute atomic E-state index is 12.1. The molecule has 2 rings (SSSR count). The van der Waals surface area contributed by atoms with E-state index in [4.69, 9.17) is 5.73 Å². The van der Waals surface area contributed by atoms with E-state index in [1.54, 1.807) is 0 Å². The number of pyridine rings is 1. The molecular formula is C16H26N4O3S. The van der Waals surface area contributed by atoms with E-state index in [9.17, 15) is 13.2 Å². The number of nitrogens with zero attached hydrogens (tertiary/aromatic N) is 1. The molecule has 1 fully saturated rings. The van der Waals surface area contributed by atoms with Gasteiger partial charge in [-0.15, -0.1) is 0 Å². The maximum Gasteiger partial charge on any atom is 0.223 e. The molecular weight excluding hydrogens is 328 g/mol. The smallest absolute Gasteiger partial charge is 0.223 e. The molecule has 0 aliphatic heterocycles. The lowest BCUT2D eigenvalue weighted by atomic mass is 9.85. The highest BCUT2D eigenvalue weighted by Gasteiger charge is 2.27. The summed E-state index contributed by atoms with van der Waals surface area (Å²) in [5.74, 6) is 0.165. The maximum atomic E-state index is 12.1. The number of hydrogen-bond acceptors (Lipinski definition) is 6. The van der Waals surface area contributed by atoms with Crippen LogP contribution in [0.3, 0.4) is 0 Å². The second-order valence-corrected chi connectivity index (χ2v) is 8.70. The number of carbonyl (C=O) groups excluding carboxylic acids is 1. The van der Waals surface area contributed by atoms with E-state index in [0.29, 0.717) is 11.4 Å². The van der Waals surface area contributed by atoms with Crippen LogP contribution in [0.5, 0.6) is 0 Å². The lowest BCUT2D eigenvalue weighted by molar-refractivity contribution is -0.126. The number of nitrogens with two attached hydrogens (primary N) is 1. The molecule has 1 aromatic heterocycles. The molecule has 7 nitrogen and oxygen atoms in total. The zero-order chi connectivity index (χ0) is 17.9. The monoisotopic (exact) mass is 354 g/mol. The minimum atomic E-state index is -3.37. The van der Waals surface area contributed by atoms with Gasteiger partial charge in [0.2, 0.25) is 5.91 Å². The Kier molecular flexibility index (Phi) is 5.69. The molecule has 4 N–H and O–H groups in total. The number of carbonyl (C=O) groups is 1. The highest BCUT2D eigenvalue weighted by molar-refractivity contribution is 7.90. The van der Waals surface area contributed by atoms with Gasteiger partial charge in [0.25, 0.3) is 0 Å². The largest absolute Gasteiger partial charge is 0.396 e. The molecule has 1 aromatic rings. The molecule has 1 aliphatic carbocycles. The van der Waals surface area contributed by atoms with Crippen molar-refractivity contribution in [1.29, 1.82) is 0 Å². The molecule has 24 heavy (non-hydrogen) atoms. The van der Waals surface area contributed by atoms with Crippen molar-refractivity contribution in [1.82, 2.24) is 10.3 Å². The van der Waals surface area contributed by atoms with Crippen molar-refractivity contribution in [2.75, 3.05) is 17.3 Å². The first kappa shape index (κ1) is 18.5. The Hall–Kier alpha value is -1.83. The third kappa shape index (κ3) is 4.83. The minimum absolute atomic E-state index is 0.00389. The normalized spacial score (nSPS) is 21.5. The van der Waals surface area contributed by atoms with Crippen LogP contribution < -0.4 is 16.4 Å². The summed E-state index contributed by atoms with van der Waals surface area (Å²) in [5.41, 5.74) is 6.90. The molecule has 0 radical (unpaired) electrons. The summed E-state index contributed by atoms with van der Waals surface area (Å²) in [7, 11) is -3.37. The second-order valence-electron chi connectivity index (χ2n) is 6.74. The number of aromatic nitrogens is 1. The first-order valence-corrected chi connectivity index (χ1v) is 10.1. The van der Waals surface area contributed by atoms with Crippen LogP contribution in [0.15, 0.2) is 17.3 Å². The zero-order valence-electron chi connectivity index (χ0n) is 14.4. The topological polar surface area (TPSA) is 114 Å². The molecule has 1 aliphatic rings.